The largest absolute Gasteiger partial charge is 0.377 e. The van der Waals surface area contributed by atoms with Crippen molar-refractivity contribution in [2.45, 2.75) is 13.8 Å². The summed E-state index contributed by atoms with van der Waals surface area (Å²) in [4.78, 5) is 12.6. The van der Waals surface area contributed by atoms with Crippen LogP contribution >= 0.6 is 11.3 Å². The molecule has 1 heterocycles. The molecule has 88 valence electrons. The molecule has 2 nitrogen and oxygen atoms in total. The second-order valence-corrected chi connectivity index (χ2v) is 5.02. The van der Waals surface area contributed by atoms with E-state index in [-0.39, 0.29) is 5.78 Å². The highest BCUT2D eigenvalue weighted by molar-refractivity contribution is 7.12. The van der Waals surface area contributed by atoms with Crippen molar-refractivity contribution in [3.05, 3.63) is 51.7 Å². The topological polar surface area (TPSA) is 29.1 Å². The Kier molecular flexibility index (Phi) is 3.59. The van der Waals surface area contributed by atoms with Crippen molar-refractivity contribution in [1.29, 1.82) is 0 Å². The number of anilines is 1. The molecular weight excluding hydrogens is 230 g/mol. The highest BCUT2D eigenvalue weighted by Gasteiger charge is 2.07. The second-order valence-electron chi connectivity index (χ2n) is 4.07. The van der Waals surface area contributed by atoms with Gasteiger partial charge in [0.25, 0.3) is 0 Å². The molecule has 1 aromatic heterocycles. The Labute approximate surface area is 105 Å². The molecule has 0 spiro atoms. The summed E-state index contributed by atoms with van der Waals surface area (Å²) >= 11 is 1.48. The fourth-order valence-corrected chi connectivity index (χ4v) is 2.29. The quantitative estimate of drug-likeness (QED) is 0.833. The van der Waals surface area contributed by atoms with E-state index in [1.54, 1.807) is 0 Å². The van der Waals surface area contributed by atoms with Gasteiger partial charge in [-0.05, 0) is 42.5 Å². The van der Waals surface area contributed by atoms with Gasteiger partial charge in [0.1, 0.15) is 0 Å². The molecule has 0 amide bonds. The molecule has 0 radical (unpaired) electrons. The maximum absolute atomic E-state index is 11.8. The van der Waals surface area contributed by atoms with E-state index in [2.05, 4.69) is 23.5 Å². The number of benzene rings is 1. The molecular formula is C14H15NOS. The van der Waals surface area contributed by atoms with Gasteiger partial charge in [-0.25, -0.2) is 0 Å². The highest BCUT2D eigenvalue weighted by Crippen LogP contribution is 2.17. The van der Waals surface area contributed by atoms with Gasteiger partial charge >= 0.3 is 0 Å². The molecule has 0 aliphatic carbocycles. The Morgan fingerprint density at radius 2 is 2.12 bits per heavy atom. The van der Waals surface area contributed by atoms with E-state index in [0.29, 0.717) is 6.54 Å². The van der Waals surface area contributed by atoms with E-state index in [1.165, 1.54) is 16.9 Å². The molecule has 0 aliphatic rings. The molecule has 0 unspecified atom stereocenters. The summed E-state index contributed by atoms with van der Waals surface area (Å²) in [7, 11) is 0. The number of thiophene rings is 1. The van der Waals surface area contributed by atoms with Crippen LogP contribution in [0.4, 0.5) is 5.69 Å². The molecule has 1 aromatic carbocycles. The fraction of sp³-hybridized carbons (Fsp3) is 0.214. The van der Waals surface area contributed by atoms with Gasteiger partial charge in [-0.1, -0.05) is 18.2 Å². The second kappa shape index (κ2) is 5.15. The van der Waals surface area contributed by atoms with Crippen molar-refractivity contribution in [1.82, 2.24) is 0 Å². The third-order valence-electron chi connectivity index (χ3n) is 2.63. The predicted octanol–water partition coefficient (Wildman–Crippen LogP) is 3.66. The first-order chi connectivity index (χ1) is 8.16. The number of ketones is 1. The van der Waals surface area contributed by atoms with Gasteiger partial charge in [0, 0.05) is 5.69 Å². The number of carbonyl (C=O) groups excluding carboxylic acids is 1. The number of carbonyl (C=O) groups is 1. The lowest BCUT2D eigenvalue weighted by atomic mass is 10.1. The normalized spacial score (nSPS) is 10.2. The van der Waals surface area contributed by atoms with Crippen LogP contribution in [0.3, 0.4) is 0 Å². The Morgan fingerprint density at radius 1 is 1.29 bits per heavy atom. The zero-order chi connectivity index (χ0) is 12.3. The van der Waals surface area contributed by atoms with E-state index < -0.39 is 0 Å². The number of hydrogen-bond donors (Lipinski definition) is 1. The van der Waals surface area contributed by atoms with Crippen molar-refractivity contribution in [3.8, 4) is 0 Å². The van der Waals surface area contributed by atoms with Crippen LogP contribution in [0.15, 0.2) is 35.7 Å². The molecule has 0 aliphatic heterocycles. The summed E-state index contributed by atoms with van der Waals surface area (Å²) < 4.78 is 0. The molecule has 2 aromatic rings. The molecule has 17 heavy (non-hydrogen) atoms. The first-order valence-electron chi connectivity index (χ1n) is 5.54. The zero-order valence-corrected chi connectivity index (χ0v) is 10.8. The van der Waals surface area contributed by atoms with Gasteiger partial charge in [-0.15, -0.1) is 11.3 Å². The van der Waals surface area contributed by atoms with Gasteiger partial charge in [0.05, 0.1) is 11.4 Å². The number of Topliss-reactive ketones (excluding diaryl/α,β-unsaturated/α-hetero) is 1. The minimum Gasteiger partial charge on any atom is -0.377 e. The number of nitrogens with one attached hydrogen (secondary N) is 1. The van der Waals surface area contributed by atoms with Gasteiger partial charge in [-0.3, -0.25) is 4.79 Å². The molecule has 0 bridgehead atoms. The first-order valence-corrected chi connectivity index (χ1v) is 6.42. The lowest BCUT2D eigenvalue weighted by molar-refractivity contribution is 0.101. The number of hydrogen-bond acceptors (Lipinski definition) is 3. The molecule has 0 saturated heterocycles. The third-order valence-corrected chi connectivity index (χ3v) is 3.54. The van der Waals surface area contributed by atoms with Gasteiger partial charge in [-0.2, -0.15) is 0 Å². The van der Waals surface area contributed by atoms with E-state index in [9.17, 15) is 4.79 Å². The third kappa shape index (κ3) is 2.94. The Hall–Kier alpha value is -1.61. The summed E-state index contributed by atoms with van der Waals surface area (Å²) in [6.07, 6.45) is 0. The Bertz CT molecular complexity index is 517. The maximum atomic E-state index is 11.8. The highest BCUT2D eigenvalue weighted by atomic mass is 32.1. The lowest BCUT2D eigenvalue weighted by Gasteiger charge is -2.09. The summed E-state index contributed by atoms with van der Waals surface area (Å²) in [6, 6.07) is 9.96. The van der Waals surface area contributed by atoms with Crippen molar-refractivity contribution >= 4 is 22.8 Å². The van der Waals surface area contributed by atoms with Gasteiger partial charge in [0.15, 0.2) is 5.78 Å². The molecule has 2 rings (SSSR count). The van der Waals surface area contributed by atoms with Crippen molar-refractivity contribution in [3.63, 3.8) is 0 Å². The Morgan fingerprint density at radius 3 is 2.82 bits per heavy atom. The Balaban J connectivity index is 2.03. The minimum atomic E-state index is 0.140. The average molecular weight is 245 g/mol. The monoisotopic (exact) mass is 245 g/mol. The number of aryl methyl sites for hydroxylation is 2. The summed E-state index contributed by atoms with van der Waals surface area (Å²) in [5, 5.41) is 5.12. The van der Waals surface area contributed by atoms with E-state index in [4.69, 9.17) is 0 Å². The van der Waals surface area contributed by atoms with Crippen molar-refractivity contribution in [2.75, 3.05) is 11.9 Å². The summed E-state index contributed by atoms with van der Waals surface area (Å²) in [5.41, 5.74) is 3.39. The number of rotatable bonds is 4. The van der Waals surface area contributed by atoms with Gasteiger partial charge in [0.2, 0.25) is 0 Å². The molecule has 0 atom stereocenters. The first kappa shape index (κ1) is 11.9. The standard InChI is InChI=1S/C14H15NOS/c1-10-5-6-11(2)12(8-10)15-9-13(16)14-4-3-7-17-14/h3-8,15H,9H2,1-2H3. The minimum absolute atomic E-state index is 0.140. The van der Waals surface area contributed by atoms with E-state index >= 15 is 0 Å². The van der Waals surface area contributed by atoms with E-state index in [0.717, 1.165) is 16.1 Å². The van der Waals surface area contributed by atoms with E-state index in [1.807, 2.05) is 31.4 Å². The van der Waals surface area contributed by atoms with Gasteiger partial charge < -0.3 is 5.32 Å². The predicted molar refractivity (Wildman–Crippen MR) is 73.1 cm³/mol. The van der Waals surface area contributed by atoms with Crippen LogP contribution in [-0.4, -0.2) is 12.3 Å². The smallest absolute Gasteiger partial charge is 0.191 e. The SMILES string of the molecule is Cc1ccc(C)c(NCC(=O)c2cccs2)c1. The maximum Gasteiger partial charge on any atom is 0.191 e. The van der Waals surface area contributed by atoms with Crippen molar-refractivity contribution in [2.24, 2.45) is 0 Å². The molecule has 0 fully saturated rings. The van der Waals surface area contributed by atoms with Crippen LogP contribution in [-0.2, 0) is 0 Å². The van der Waals surface area contributed by atoms with Crippen LogP contribution in [0.1, 0.15) is 20.8 Å². The van der Waals surface area contributed by atoms with Crippen LogP contribution < -0.4 is 5.32 Å². The van der Waals surface area contributed by atoms with Crippen LogP contribution in [0.25, 0.3) is 0 Å². The molecule has 1 N–H and O–H groups in total. The average Bonchev–Trinajstić information content (AvgIpc) is 2.83. The van der Waals surface area contributed by atoms with Crippen molar-refractivity contribution < 1.29 is 4.79 Å². The summed E-state index contributed by atoms with van der Waals surface area (Å²) in [6.45, 7) is 4.44. The summed E-state index contributed by atoms with van der Waals surface area (Å²) in [5.74, 6) is 0.140. The fourth-order valence-electron chi connectivity index (χ4n) is 1.63. The zero-order valence-electron chi connectivity index (χ0n) is 9.99. The lowest BCUT2D eigenvalue weighted by Crippen LogP contribution is -2.13. The molecule has 0 saturated carbocycles. The van der Waals surface area contributed by atoms with Crippen LogP contribution in [0.2, 0.25) is 0 Å². The van der Waals surface area contributed by atoms with Crippen LogP contribution in [0.5, 0.6) is 0 Å². The molecule has 3 heteroatoms. The van der Waals surface area contributed by atoms with Crippen LogP contribution in [0, 0.1) is 13.8 Å².